The highest BCUT2D eigenvalue weighted by atomic mass is 16.5. The van der Waals surface area contributed by atoms with E-state index in [1.165, 1.54) is 12.8 Å². The number of carbonyl (C=O) groups excluding carboxylic acids is 1. The Morgan fingerprint density at radius 3 is 2.70 bits per heavy atom. The predicted octanol–water partition coefficient (Wildman–Crippen LogP) is 4.08. The zero-order valence-corrected chi connectivity index (χ0v) is 12.6. The molecule has 1 aromatic carbocycles. The minimum Gasteiger partial charge on any atom is -0.508 e. The van der Waals surface area contributed by atoms with Crippen molar-refractivity contribution in [3.8, 4) is 5.75 Å². The Morgan fingerprint density at radius 2 is 2.05 bits per heavy atom. The number of aryl methyl sites for hydroxylation is 1. The van der Waals surface area contributed by atoms with Crippen LogP contribution in [0.25, 0.3) is 0 Å². The first-order valence-electron chi connectivity index (χ1n) is 7.59. The first-order valence-corrected chi connectivity index (χ1v) is 7.59. The van der Waals surface area contributed by atoms with Crippen LogP contribution in [0, 0.1) is 5.92 Å². The molecule has 0 bridgehead atoms. The average Bonchev–Trinajstić information content (AvgIpc) is 2.46. The van der Waals surface area contributed by atoms with Crippen LogP contribution in [0.15, 0.2) is 24.3 Å². The van der Waals surface area contributed by atoms with E-state index < -0.39 is 0 Å². The summed E-state index contributed by atoms with van der Waals surface area (Å²) < 4.78 is 5.33. The normalized spacial score (nSPS) is 12.1. The van der Waals surface area contributed by atoms with E-state index in [-0.39, 0.29) is 11.7 Å². The van der Waals surface area contributed by atoms with Crippen LogP contribution in [0.4, 0.5) is 0 Å². The third-order valence-electron chi connectivity index (χ3n) is 3.61. The SMILES string of the molecule is CCCCC(CC)COC(=O)CCc1ccccc1O. The highest BCUT2D eigenvalue weighted by molar-refractivity contribution is 5.69. The number of phenols is 1. The van der Waals surface area contributed by atoms with Gasteiger partial charge in [-0.1, -0.05) is 51.3 Å². The van der Waals surface area contributed by atoms with Crippen molar-refractivity contribution in [3.63, 3.8) is 0 Å². The van der Waals surface area contributed by atoms with E-state index in [0.717, 1.165) is 18.4 Å². The van der Waals surface area contributed by atoms with E-state index in [2.05, 4.69) is 13.8 Å². The lowest BCUT2D eigenvalue weighted by Gasteiger charge is -2.14. The number of phenolic OH excluding ortho intramolecular Hbond substituents is 1. The molecule has 3 nitrogen and oxygen atoms in total. The lowest BCUT2D eigenvalue weighted by atomic mass is 10.0. The fraction of sp³-hybridized carbons (Fsp3) is 0.588. The van der Waals surface area contributed by atoms with E-state index in [9.17, 15) is 9.90 Å². The monoisotopic (exact) mass is 278 g/mol. The molecule has 1 rings (SSSR count). The Bertz CT molecular complexity index is 401. The van der Waals surface area contributed by atoms with E-state index >= 15 is 0 Å². The van der Waals surface area contributed by atoms with Gasteiger partial charge in [0, 0.05) is 6.42 Å². The van der Waals surface area contributed by atoms with Crippen LogP contribution in [-0.2, 0) is 16.0 Å². The number of rotatable bonds is 9. The van der Waals surface area contributed by atoms with Crippen LogP contribution in [0.3, 0.4) is 0 Å². The van der Waals surface area contributed by atoms with Crippen molar-refractivity contribution in [1.82, 2.24) is 0 Å². The van der Waals surface area contributed by atoms with Crippen LogP contribution in [0.1, 0.15) is 51.5 Å². The molecule has 0 heterocycles. The van der Waals surface area contributed by atoms with Crippen molar-refractivity contribution >= 4 is 5.97 Å². The predicted molar refractivity (Wildman–Crippen MR) is 80.7 cm³/mol. The fourth-order valence-electron chi connectivity index (χ4n) is 2.14. The standard InChI is InChI=1S/C17H26O3/c1-3-5-8-14(4-2)13-20-17(19)12-11-15-9-6-7-10-16(15)18/h6-7,9-10,14,18H,3-5,8,11-13H2,1-2H3. The number of esters is 1. The molecule has 1 aromatic rings. The van der Waals surface area contributed by atoms with Gasteiger partial charge in [0.2, 0.25) is 0 Å². The number of hydrogen-bond acceptors (Lipinski definition) is 3. The molecule has 20 heavy (non-hydrogen) atoms. The van der Waals surface area contributed by atoms with Gasteiger partial charge in [-0.25, -0.2) is 0 Å². The first-order chi connectivity index (χ1) is 9.67. The molecule has 0 aromatic heterocycles. The van der Waals surface area contributed by atoms with E-state index in [1.54, 1.807) is 12.1 Å². The van der Waals surface area contributed by atoms with Crippen molar-refractivity contribution in [3.05, 3.63) is 29.8 Å². The Morgan fingerprint density at radius 1 is 1.30 bits per heavy atom. The summed E-state index contributed by atoms with van der Waals surface area (Å²) in [6.07, 6.45) is 5.39. The molecular weight excluding hydrogens is 252 g/mol. The van der Waals surface area contributed by atoms with Gasteiger partial charge in [-0.2, -0.15) is 0 Å². The number of unbranched alkanes of at least 4 members (excludes halogenated alkanes) is 1. The Balaban J connectivity index is 2.28. The quantitative estimate of drug-likeness (QED) is 0.692. The smallest absolute Gasteiger partial charge is 0.306 e. The second kappa shape index (κ2) is 9.40. The first kappa shape index (κ1) is 16.5. The summed E-state index contributed by atoms with van der Waals surface area (Å²) in [5.41, 5.74) is 0.794. The Kier molecular flexibility index (Phi) is 7.78. The highest BCUT2D eigenvalue weighted by Gasteiger charge is 2.11. The van der Waals surface area contributed by atoms with Gasteiger partial charge in [0.1, 0.15) is 5.75 Å². The maximum atomic E-state index is 11.7. The Labute approximate surface area is 122 Å². The summed E-state index contributed by atoms with van der Waals surface area (Å²) in [5, 5.41) is 9.62. The van der Waals surface area contributed by atoms with Gasteiger partial charge in [-0.15, -0.1) is 0 Å². The van der Waals surface area contributed by atoms with E-state index in [0.29, 0.717) is 25.4 Å². The van der Waals surface area contributed by atoms with Gasteiger partial charge in [0.15, 0.2) is 0 Å². The molecule has 3 heteroatoms. The van der Waals surface area contributed by atoms with Crippen molar-refractivity contribution in [2.45, 2.75) is 52.4 Å². The molecule has 1 atom stereocenters. The van der Waals surface area contributed by atoms with Crippen LogP contribution < -0.4 is 0 Å². The van der Waals surface area contributed by atoms with E-state index in [4.69, 9.17) is 4.74 Å². The number of para-hydroxylation sites is 1. The summed E-state index contributed by atoms with van der Waals surface area (Å²) in [7, 11) is 0. The highest BCUT2D eigenvalue weighted by Crippen LogP contribution is 2.18. The third-order valence-corrected chi connectivity index (χ3v) is 3.61. The van der Waals surface area contributed by atoms with Crippen molar-refractivity contribution < 1.29 is 14.6 Å². The molecular formula is C17H26O3. The van der Waals surface area contributed by atoms with Crippen molar-refractivity contribution in [2.75, 3.05) is 6.61 Å². The van der Waals surface area contributed by atoms with Crippen LogP contribution in [0.2, 0.25) is 0 Å². The molecule has 1 unspecified atom stereocenters. The minimum absolute atomic E-state index is 0.178. The number of ether oxygens (including phenoxy) is 1. The topological polar surface area (TPSA) is 46.5 Å². The summed E-state index contributed by atoms with van der Waals surface area (Å²) in [4.78, 5) is 11.7. The second-order valence-electron chi connectivity index (χ2n) is 5.23. The maximum absolute atomic E-state index is 11.7. The van der Waals surface area contributed by atoms with Crippen molar-refractivity contribution in [2.24, 2.45) is 5.92 Å². The number of aromatic hydroxyl groups is 1. The molecule has 0 saturated carbocycles. The zero-order valence-electron chi connectivity index (χ0n) is 12.6. The largest absolute Gasteiger partial charge is 0.508 e. The molecule has 0 fully saturated rings. The molecule has 0 aliphatic heterocycles. The lowest BCUT2D eigenvalue weighted by Crippen LogP contribution is -2.14. The molecule has 0 aliphatic rings. The molecule has 0 spiro atoms. The van der Waals surface area contributed by atoms with Gasteiger partial charge in [0.25, 0.3) is 0 Å². The van der Waals surface area contributed by atoms with Gasteiger partial charge < -0.3 is 9.84 Å². The summed E-state index contributed by atoms with van der Waals surface area (Å²) in [6.45, 7) is 4.83. The van der Waals surface area contributed by atoms with Gasteiger partial charge in [-0.05, 0) is 30.4 Å². The van der Waals surface area contributed by atoms with Crippen LogP contribution in [0.5, 0.6) is 5.75 Å². The Hall–Kier alpha value is -1.51. The number of carbonyl (C=O) groups is 1. The zero-order chi connectivity index (χ0) is 14.8. The van der Waals surface area contributed by atoms with Crippen molar-refractivity contribution in [1.29, 1.82) is 0 Å². The summed E-state index contributed by atoms with van der Waals surface area (Å²) in [6, 6.07) is 7.10. The average molecular weight is 278 g/mol. The maximum Gasteiger partial charge on any atom is 0.306 e. The van der Waals surface area contributed by atoms with Crippen LogP contribution in [-0.4, -0.2) is 17.7 Å². The number of benzene rings is 1. The second-order valence-corrected chi connectivity index (χ2v) is 5.23. The molecule has 0 amide bonds. The molecule has 0 saturated heterocycles. The molecule has 1 N–H and O–H groups in total. The minimum atomic E-state index is -0.178. The number of hydrogen-bond donors (Lipinski definition) is 1. The third kappa shape index (κ3) is 6.09. The molecule has 0 radical (unpaired) electrons. The van der Waals surface area contributed by atoms with Crippen LogP contribution >= 0.6 is 0 Å². The summed E-state index contributed by atoms with van der Waals surface area (Å²) in [5.74, 6) is 0.543. The summed E-state index contributed by atoms with van der Waals surface area (Å²) >= 11 is 0. The van der Waals surface area contributed by atoms with Gasteiger partial charge in [0.05, 0.1) is 6.61 Å². The van der Waals surface area contributed by atoms with Gasteiger partial charge in [-0.3, -0.25) is 4.79 Å². The van der Waals surface area contributed by atoms with E-state index in [1.807, 2.05) is 12.1 Å². The lowest BCUT2D eigenvalue weighted by molar-refractivity contribution is -0.145. The fourth-order valence-corrected chi connectivity index (χ4v) is 2.14. The molecule has 112 valence electrons. The van der Waals surface area contributed by atoms with Gasteiger partial charge >= 0.3 is 5.97 Å². The molecule has 0 aliphatic carbocycles.